The second-order valence-corrected chi connectivity index (χ2v) is 7.75. The normalized spacial score (nSPS) is 10.9. The van der Waals surface area contributed by atoms with Crippen LogP contribution in [0.15, 0.2) is 53.5 Å². The van der Waals surface area contributed by atoms with E-state index in [0.717, 1.165) is 22.4 Å². The summed E-state index contributed by atoms with van der Waals surface area (Å²) in [6, 6.07) is 12.6. The number of urea groups is 1. The average Bonchev–Trinajstić information content (AvgIpc) is 2.76. The zero-order valence-electron chi connectivity index (χ0n) is 18.4. The summed E-state index contributed by atoms with van der Waals surface area (Å²) in [4.78, 5) is 25.3. The molecular weight excluding hydrogens is 394 g/mol. The Balaban J connectivity index is 1.74. The zero-order valence-corrected chi connectivity index (χ0v) is 18.4. The third kappa shape index (κ3) is 5.36. The first-order chi connectivity index (χ1) is 14.9. The van der Waals surface area contributed by atoms with Gasteiger partial charge >= 0.3 is 6.03 Å². The summed E-state index contributed by atoms with van der Waals surface area (Å²) >= 11 is 0. The lowest BCUT2D eigenvalue weighted by molar-refractivity contribution is 0.252. The number of methoxy groups -OCH3 is 2. The third-order valence-corrected chi connectivity index (χ3v) is 4.97. The van der Waals surface area contributed by atoms with Gasteiger partial charge in [0.1, 0.15) is 11.5 Å². The molecule has 0 fully saturated rings. The molecule has 1 heterocycles. The van der Waals surface area contributed by atoms with E-state index in [9.17, 15) is 9.59 Å². The molecule has 31 heavy (non-hydrogen) atoms. The molecule has 0 spiro atoms. The first-order valence-corrected chi connectivity index (χ1v) is 10.3. The van der Waals surface area contributed by atoms with E-state index in [1.165, 1.54) is 0 Å². The first kappa shape index (κ1) is 22.2. The molecule has 0 saturated heterocycles. The van der Waals surface area contributed by atoms with Crippen LogP contribution in [-0.4, -0.2) is 31.4 Å². The minimum Gasteiger partial charge on any atom is -0.497 e. The van der Waals surface area contributed by atoms with Crippen molar-refractivity contribution in [3.63, 3.8) is 0 Å². The number of aromatic nitrogens is 1. The fourth-order valence-corrected chi connectivity index (χ4v) is 3.53. The summed E-state index contributed by atoms with van der Waals surface area (Å²) < 4.78 is 12.3. The molecule has 2 N–H and O–H groups in total. The van der Waals surface area contributed by atoms with E-state index in [-0.39, 0.29) is 11.6 Å². The number of fused-ring (bicyclic) bond motifs is 1. The van der Waals surface area contributed by atoms with Crippen LogP contribution in [-0.2, 0) is 13.0 Å². The van der Waals surface area contributed by atoms with Gasteiger partial charge in [0.15, 0.2) is 0 Å². The summed E-state index contributed by atoms with van der Waals surface area (Å²) in [5.41, 5.74) is 1.49. The lowest BCUT2D eigenvalue weighted by atomic mass is 10.1. The van der Waals surface area contributed by atoms with Gasteiger partial charge in [0.2, 0.25) is 0 Å². The van der Waals surface area contributed by atoms with Crippen molar-refractivity contribution < 1.29 is 14.3 Å². The van der Waals surface area contributed by atoms with Crippen molar-refractivity contribution in [3.05, 3.63) is 64.6 Å². The van der Waals surface area contributed by atoms with Gasteiger partial charge in [0, 0.05) is 30.1 Å². The molecule has 0 unspecified atom stereocenters. The number of carbonyl (C=O) groups is 1. The topological polar surface area (TPSA) is 81.6 Å². The van der Waals surface area contributed by atoms with Gasteiger partial charge in [-0.3, -0.25) is 4.79 Å². The van der Waals surface area contributed by atoms with Crippen molar-refractivity contribution in [2.24, 2.45) is 5.92 Å². The fourth-order valence-electron chi connectivity index (χ4n) is 3.53. The fraction of sp³-hybridized carbons (Fsp3) is 0.333. The number of hydrogen-bond donors (Lipinski definition) is 2. The smallest absolute Gasteiger partial charge is 0.319 e. The molecule has 0 aliphatic rings. The number of nitrogens with one attached hydrogen (secondary N) is 2. The highest BCUT2D eigenvalue weighted by Gasteiger charge is 2.12. The van der Waals surface area contributed by atoms with Crippen LogP contribution in [0, 0.1) is 5.92 Å². The monoisotopic (exact) mass is 423 g/mol. The Labute approximate surface area is 182 Å². The van der Waals surface area contributed by atoms with Gasteiger partial charge in [-0.15, -0.1) is 0 Å². The van der Waals surface area contributed by atoms with Crippen molar-refractivity contribution >= 4 is 22.5 Å². The summed E-state index contributed by atoms with van der Waals surface area (Å²) in [7, 11) is 3.23. The van der Waals surface area contributed by atoms with Gasteiger partial charge in [-0.1, -0.05) is 32.0 Å². The second-order valence-electron chi connectivity index (χ2n) is 7.75. The van der Waals surface area contributed by atoms with Crippen molar-refractivity contribution in [1.82, 2.24) is 9.88 Å². The van der Waals surface area contributed by atoms with E-state index in [4.69, 9.17) is 9.47 Å². The minimum atomic E-state index is -0.332. The predicted octanol–water partition coefficient (Wildman–Crippen LogP) is 4.04. The Bertz CT molecular complexity index is 1120. The number of hydrogen-bond acceptors (Lipinski definition) is 4. The molecule has 3 aromatic rings. The van der Waals surface area contributed by atoms with E-state index >= 15 is 0 Å². The van der Waals surface area contributed by atoms with Gasteiger partial charge in [0.05, 0.1) is 19.9 Å². The average molecular weight is 424 g/mol. The van der Waals surface area contributed by atoms with Crippen LogP contribution in [0.5, 0.6) is 11.5 Å². The number of amides is 2. The van der Waals surface area contributed by atoms with E-state index < -0.39 is 0 Å². The Morgan fingerprint density at radius 1 is 1.06 bits per heavy atom. The molecule has 0 atom stereocenters. The Hall–Kier alpha value is -3.48. The molecule has 0 bridgehead atoms. The van der Waals surface area contributed by atoms with Gasteiger partial charge in [-0.2, -0.15) is 0 Å². The molecule has 2 aromatic carbocycles. The van der Waals surface area contributed by atoms with Gasteiger partial charge < -0.3 is 24.7 Å². The summed E-state index contributed by atoms with van der Waals surface area (Å²) in [5, 5.41) is 7.08. The number of nitrogens with zero attached hydrogens (tertiary/aromatic N) is 1. The highest BCUT2D eigenvalue weighted by molar-refractivity contribution is 6.00. The van der Waals surface area contributed by atoms with Crippen LogP contribution >= 0.6 is 0 Å². The number of carbonyl (C=O) groups excluding carboxylic acids is 1. The van der Waals surface area contributed by atoms with Crippen LogP contribution < -0.4 is 25.7 Å². The van der Waals surface area contributed by atoms with Crippen LogP contribution in [0.3, 0.4) is 0 Å². The number of pyridine rings is 1. The lowest BCUT2D eigenvalue weighted by Gasteiger charge is -2.15. The molecule has 7 nitrogen and oxygen atoms in total. The van der Waals surface area contributed by atoms with Gasteiger partial charge in [0.25, 0.3) is 5.56 Å². The molecule has 3 rings (SSSR count). The highest BCUT2D eigenvalue weighted by atomic mass is 16.5. The van der Waals surface area contributed by atoms with E-state index in [2.05, 4.69) is 10.6 Å². The largest absolute Gasteiger partial charge is 0.497 e. The second kappa shape index (κ2) is 10.0. The maximum Gasteiger partial charge on any atom is 0.319 e. The maximum atomic E-state index is 12.8. The van der Waals surface area contributed by atoms with Crippen LogP contribution in [0.25, 0.3) is 10.8 Å². The number of ether oxygens (including phenoxy) is 2. The number of benzene rings is 2. The molecular formula is C24H29N3O4. The van der Waals surface area contributed by atoms with Crippen molar-refractivity contribution in [2.45, 2.75) is 26.8 Å². The molecule has 2 amide bonds. The molecule has 0 aliphatic heterocycles. The maximum absolute atomic E-state index is 12.8. The lowest BCUT2D eigenvalue weighted by Crippen LogP contribution is -2.31. The summed E-state index contributed by atoms with van der Waals surface area (Å²) in [6.07, 6.45) is 2.30. The molecule has 0 radical (unpaired) electrons. The first-order valence-electron chi connectivity index (χ1n) is 10.3. The molecule has 1 aromatic heterocycles. The molecule has 0 saturated carbocycles. The Morgan fingerprint density at radius 3 is 2.48 bits per heavy atom. The highest BCUT2D eigenvalue weighted by Crippen LogP contribution is 2.24. The quantitative estimate of drug-likeness (QED) is 0.573. The minimum absolute atomic E-state index is 0.0552. The Morgan fingerprint density at radius 2 is 1.81 bits per heavy atom. The molecule has 0 aliphatic carbocycles. The van der Waals surface area contributed by atoms with Crippen LogP contribution in [0.4, 0.5) is 10.5 Å². The van der Waals surface area contributed by atoms with Gasteiger partial charge in [-0.05, 0) is 42.2 Å². The van der Waals surface area contributed by atoms with Crippen molar-refractivity contribution in [1.29, 1.82) is 0 Å². The van der Waals surface area contributed by atoms with E-state index in [0.29, 0.717) is 36.5 Å². The molecule has 7 heteroatoms. The van der Waals surface area contributed by atoms with E-state index in [1.807, 2.05) is 50.2 Å². The van der Waals surface area contributed by atoms with Gasteiger partial charge in [-0.25, -0.2) is 4.79 Å². The summed E-state index contributed by atoms with van der Waals surface area (Å²) in [6.45, 7) is 5.09. The standard InChI is InChI=1S/C24H29N3O4/c1-16(2)14-27-15-21(19-7-5-6-8-20(19)23(27)28)26-24(29)25-12-11-17-13-18(30-3)9-10-22(17)31-4/h5-10,13,15-16H,11-12,14H2,1-4H3,(H2,25,26,29). The van der Waals surface area contributed by atoms with Crippen molar-refractivity contribution in [3.8, 4) is 11.5 Å². The van der Waals surface area contributed by atoms with E-state index in [1.54, 1.807) is 31.0 Å². The summed E-state index contributed by atoms with van der Waals surface area (Å²) in [5.74, 6) is 1.78. The van der Waals surface area contributed by atoms with Crippen LogP contribution in [0.1, 0.15) is 19.4 Å². The zero-order chi connectivity index (χ0) is 22.4. The van der Waals surface area contributed by atoms with Crippen molar-refractivity contribution in [2.75, 3.05) is 26.1 Å². The predicted molar refractivity (Wildman–Crippen MR) is 123 cm³/mol. The third-order valence-electron chi connectivity index (χ3n) is 4.97. The number of anilines is 1. The SMILES string of the molecule is COc1ccc(OC)c(CCNC(=O)Nc2cn(CC(C)C)c(=O)c3ccccc23)c1. The Kier molecular flexibility index (Phi) is 7.18. The molecule has 164 valence electrons. The van der Waals surface area contributed by atoms with Crippen LogP contribution in [0.2, 0.25) is 0 Å². The number of rotatable bonds is 8.